The molecule has 1 fully saturated rings. The van der Waals surface area contributed by atoms with Crippen LogP contribution in [0.15, 0.2) is 53.0 Å². The maximum absolute atomic E-state index is 12.9. The molecule has 3 rings (SSSR count). The van der Waals surface area contributed by atoms with Gasteiger partial charge in [0.25, 0.3) is 5.91 Å². The van der Waals surface area contributed by atoms with Crippen molar-refractivity contribution in [3.63, 3.8) is 0 Å². The molecule has 0 bridgehead atoms. The van der Waals surface area contributed by atoms with Crippen molar-refractivity contribution in [3.8, 4) is 0 Å². The van der Waals surface area contributed by atoms with E-state index in [1.54, 1.807) is 0 Å². The van der Waals surface area contributed by atoms with Gasteiger partial charge in [-0.05, 0) is 61.7 Å². The summed E-state index contributed by atoms with van der Waals surface area (Å²) in [6.07, 6.45) is 2.14. The summed E-state index contributed by atoms with van der Waals surface area (Å²) in [6.45, 7) is 2.04. The van der Waals surface area contributed by atoms with Gasteiger partial charge in [-0.25, -0.2) is 4.39 Å². The minimum Gasteiger partial charge on any atom is -0.349 e. The number of rotatable bonds is 4. The monoisotopic (exact) mass is 361 g/mol. The topological polar surface area (TPSA) is 29.1 Å². The molecule has 0 aliphatic heterocycles. The zero-order chi connectivity index (χ0) is 15.7. The predicted molar refractivity (Wildman–Crippen MR) is 88.4 cm³/mol. The van der Waals surface area contributed by atoms with Crippen LogP contribution in [0.3, 0.4) is 0 Å². The van der Waals surface area contributed by atoms with Crippen molar-refractivity contribution in [1.82, 2.24) is 5.32 Å². The van der Waals surface area contributed by atoms with Gasteiger partial charge >= 0.3 is 0 Å². The van der Waals surface area contributed by atoms with Crippen molar-refractivity contribution in [2.24, 2.45) is 0 Å². The van der Waals surface area contributed by atoms with Gasteiger partial charge in [-0.2, -0.15) is 0 Å². The highest BCUT2D eigenvalue weighted by atomic mass is 79.9. The molecular formula is C18H17BrFNO. The largest absolute Gasteiger partial charge is 0.349 e. The SMILES string of the molecule is CC(NC(=O)c1ccc(F)cc1)C1(c2ccc(Br)cc2)CC1. The Bertz CT molecular complexity index is 677. The van der Waals surface area contributed by atoms with E-state index >= 15 is 0 Å². The first-order valence-corrected chi connectivity index (χ1v) is 8.13. The molecule has 2 aromatic carbocycles. The minimum atomic E-state index is -0.335. The fraction of sp³-hybridized carbons (Fsp3) is 0.278. The Morgan fingerprint density at radius 1 is 1.14 bits per heavy atom. The standard InChI is InChI=1S/C18H17BrFNO/c1-12(21-17(22)13-2-8-16(20)9-3-13)18(10-11-18)14-4-6-15(19)7-5-14/h2-9,12H,10-11H2,1H3,(H,21,22). The summed E-state index contributed by atoms with van der Waals surface area (Å²) in [6, 6.07) is 13.9. The smallest absolute Gasteiger partial charge is 0.251 e. The van der Waals surface area contributed by atoms with Gasteiger partial charge in [-0.3, -0.25) is 4.79 Å². The molecule has 0 saturated heterocycles. The van der Waals surface area contributed by atoms with Crippen LogP contribution in [0.2, 0.25) is 0 Å². The predicted octanol–water partition coefficient (Wildman–Crippen LogP) is 4.44. The number of hydrogen-bond donors (Lipinski definition) is 1. The molecular weight excluding hydrogens is 345 g/mol. The van der Waals surface area contributed by atoms with E-state index in [1.807, 2.05) is 19.1 Å². The Morgan fingerprint density at radius 2 is 1.73 bits per heavy atom. The average molecular weight is 362 g/mol. The third kappa shape index (κ3) is 2.93. The van der Waals surface area contributed by atoms with Gasteiger partial charge in [-0.1, -0.05) is 28.1 Å². The summed E-state index contributed by atoms with van der Waals surface area (Å²) in [5, 5.41) is 3.06. The van der Waals surface area contributed by atoms with Crippen LogP contribution in [-0.4, -0.2) is 11.9 Å². The van der Waals surface area contributed by atoms with E-state index in [-0.39, 0.29) is 23.2 Å². The highest BCUT2D eigenvalue weighted by Gasteiger charge is 2.49. The van der Waals surface area contributed by atoms with E-state index < -0.39 is 0 Å². The molecule has 1 aliphatic carbocycles. The molecule has 2 nitrogen and oxygen atoms in total. The maximum Gasteiger partial charge on any atom is 0.251 e. The van der Waals surface area contributed by atoms with Crippen LogP contribution >= 0.6 is 15.9 Å². The lowest BCUT2D eigenvalue weighted by Crippen LogP contribution is -2.41. The fourth-order valence-corrected chi connectivity index (χ4v) is 3.17. The molecule has 0 heterocycles. The van der Waals surface area contributed by atoms with Crippen molar-refractivity contribution >= 4 is 21.8 Å². The first-order chi connectivity index (χ1) is 10.5. The Hall–Kier alpha value is -1.68. The van der Waals surface area contributed by atoms with Gasteiger partial charge in [0, 0.05) is 21.5 Å². The van der Waals surface area contributed by atoms with E-state index in [9.17, 15) is 9.18 Å². The van der Waals surface area contributed by atoms with E-state index in [4.69, 9.17) is 0 Å². The minimum absolute atomic E-state index is 0.0242. The zero-order valence-corrected chi connectivity index (χ0v) is 13.9. The first-order valence-electron chi connectivity index (χ1n) is 7.34. The third-order valence-corrected chi connectivity index (χ3v) is 5.02. The normalized spacial score (nSPS) is 16.9. The Morgan fingerprint density at radius 3 is 2.27 bits per heavy atom. The molecule has 1 aliphatic rings. The Kier molecular flexibility index (Phi) is 4.04. The van der Waals surface area contributed by atoms with Crippen molar-refractivity contribution < 1.29 is 9.18 Å². The number of hydrogen-bond acceptors (Lipinski definition) is 1. The highest BCUT2D eigenvalue weighted by Crippen LogP contribution is 2.51. The van der Waals surface area contributed by atoms with E-state index in [0.29, 0.717) is 5.56 Å². The van der Waals surface area contributed by atoms with Crippen molar-refractivity contribution in [1.29, 1.82) is 0 Å². The summed E-state index contributed by atoms with van der Waals surface area (Å²) in [4.78, 5) is 12.3. The van der Waals surface area contributed by atoms with Gasteiger partial charge in [-0.15, -0.1) is 0 Å². The van der Waals surface area contributed by atoms with Gasteiger partial charge in [0.15, 0.2) is 0 Å². The molecule has 0 spiro atoms. The number of carbonyl (C=O) groups excluding carboxylic acids is 1. The summed E-state index contributed by atoms with van der Waals surface area (Å²) in [5.74, 6) is -0.492. The first kappa shape index (κ1) is 15.2. The quantitative estimate of drug-likeness (QED) is 0.856. The van der Waals surface area contributed by atoms with Crippen LogP contribution in [0.25, 0.3) is 0 Å². The number of carbonyl (C=O) groups is 1. The fourth-order valence-electron chi connectivity index (χ4n) is 2.91. The van der Waals surface area contributed by atoms with Crippen LogP contribution in [0.5, 0.6) is 0 Å². The van der Waals surface area contributed by atoms with Gasteiger partial charge in [0.1, 0.15) is 5.82 Å². The molecule has 4 heteroatoms. The Labute approximate surface area is 137 Å². The maximum atomic E-state index is 12.9. The summed E-state index contributed by atoms with van der Waals surface area (Å²) < 4.78 is 14.0. The highest BCUT2D eigenvalue weighted by molar-refractivity contribution is 9.10. The average Bonchev–Trinajstić information content (AvgIpc) is 3.30. The second kappa shape index (κ2) is 5.84. The second-order valence-electron chi connectivity index (χ2n) is 5.87. The summed E-state index contributed by atoms with van der Waals surface area (Å²) >= 11 is 3.45. The van der Waals surface area contributed by atoms with Crippen LogP contribution in [-0.2, 0) is 5.41 Å². The van der Waals surface area contributed by atoms with Gasteiger partial charge < -0.3 is 5.32 Å². The third-order valence-electron chi connectivity index (χ3n) is 4.49. The lowest BCUT2D eigenvalue weighted by Gasteiger charge is -2.25. The summed E-state index contributed by atoms with van der Waals surface area (Å²) in [7, 11) is 0. The molecule has 22 heavy (non-hydrogen) atoms. The van der Waals surface area contributed by atoms with E-state index in [1.165, 1.54) is 29.8 Å². The number of benzene rings is 2. The molecule has 1 saturated carbocycles. The van der Waals surface area contributed by atoms with Crippen LogP contribution in [0.1, 0.15) is 35.7 Å². The van der Waals surface area contributed by atoms with Crippen molar-refractivity contribution in [2.45, 2.75) is 31.2 Å². The van der Waals surface area contributed by atoms with Gasteiger partial charge in [0.05, 0.1) is 0 Å². The number of halogens is 2. The Balaban J connectivity index is 1.74. The van der Waals surface area contributed by atoms with Crippen LogP contribution in [0, 0.1) is 5.82 Å². The molecule has 2 aromatic rings. The molecule has 1 amide bonds. The van der Waals surface area contributed by atoms with E-state index in [2.05, 4.69) is 33.4 Å². The molecule has 0 aromatic heterocycles. The molecule has 114 valence electrons. The summed E-state index contributed by atoms with van der Waals surface area (Å²) in [5.41, 5.74) is 1.76. The lowest BCUT2D eigenvalue weighted by molar-refractivity contribution is 0.0932. The number of amides is 1. The van der Waals surface area contributed by atoms with Gasteiger partial charge in [0.2, 0.25) is 0 Å². The van der Waals surface area contributed by atoms with Crippen molar-refractivity contribution in [3.05, 3.63) is 69.9 Å². The lowest BCUT2D eigenvalue weighted by atomic mass is 9.89. The number of nitrogens with one attached hydrogen (secondary N) is 1. The van der Waals surface area contributed by atoms with Crippen molar-refractivity contribution in [2.75, 3.05) is 0 Å². The van der Waals surface area contributed by atoms with E-state index in [0.717, 1.165) is 17.3 Å². The molecule has 0 radical (unpaired) electrons. The zero-order valence-electron chi connectivity index (χ0n) is 12.3. The molecule has 1 atom stereocenters. The molecule has 1 unspecified atom stereocenters. The second-order valence-corrected chi connectivity index (χ2v) is 6.78. The molecule has 1 N–H and O–H groups in total. The van der Waals surface area contributed by atoms with Crippen LogP contribution < -0.4 is 5.32 Å². The van der Waals surface area contributed by atoms with Crippen LogP contribution in [0.4, 0.5) is 4.39 Å².